The molecule has 0 nitrogen and oxygen atoms in total. The van der Waals surface area contributed by atoms with Crippen molar-refractivity contribution in [2.45, 2.75) is 77.0 Å². The van der Waals surface area contributed by atoms with E-state index in [4.69, 9.17) is 0 Å². The van der Waals surface area contributed by atoms with Gasteiger partial charge in [-0.15, -0.1) is 0 Å². The molecule has 2 aliphatic rings. The molecule has 0 saturated heterocycles. The van der Waals surface area contributed by atoms with Crippen molar-refractivity contribution in [1.82, 2.24) is 0 Å². The minimum Gasteiger partial charge on any atom is -0.0808 e. The van der Waals surface area contributed by atoms with Crippen LogP contribution in [0, 0.1) is 0 Å². The molecule has 96 valence electrons. The summed E-state index contributed by atoms with van der Waals surface area (Å²) in [4.78, 5) is 0. The Morgan fingerprint density at radius 2 is 1.06 bits per heavy atom. The van der Waals surface area contributed by atoms with Gasteiger partial charge in [-0.2, -0.15) is 0 Å². The molecule has 0 saturated carbocycles. The highest BCUT2D eigenvalue weighted by atomic mass is 31.1. The lowest BCUT2D eigenvalue weighted by Gasteiger charge is -2.15. The average Bonchev–Trinajstić information content (AvgIpc) is 2.24. The lowest BCUT2D eigenvalue weighted by atomic mass is 10.1. The molecule has 0 N–H and O–H groups in total. The topological polar surface area (TPSA) is 0 Å². The van der Waals surface area contributed by atoms with E-state index in [0.717, 1.165) is 8.58 Å². The molecule has 17 heavy (non-hydrogen) atoms. The van der Waals surface area contributed by atoms with Gasteiger partial charge in [0.1, 0.15) is 0 Å². The highest BCUT2D eigenvalue weighted by Gasteiger charge is 2.07. The molecule has 1 heteroatoms. The van der Waals surface area contributed by atoms with Crippen molar-refractivity contribution in [3.8, 4) is 0 Å². The minimum atomic E-state index is 1.04. The molecule has 1 atom stereocenters. The highest BCUT2D eigenvalue weighted by molar-refractivity contribution is 7.47. The molecule has 0 bridgehead atoms. The predicted octanol–water partition coefficient (Wildman–Crippen LogP) is 6.14. The van der Waals surface area contributed by atoms with Gasteiger partial charge >= 0.3 is 0 Å². The van der Waals surface area contributed by atoms with Crippen LogP contribution in [0.5, 0.6) is 0 Å². The van der Waals surface area contributed by atoms with Crippen molar-refractivity contribution in [3.63, 3.8) is 0 Å². The third kappa shape index (κ3) is 5.38. The summed E-state index contributed by atoms with van der Waals surface area (Å²) in [7, 11) is 1.04. The molecule has 0 aromatic heterocycles. The summed E-state index contributed by atoms with van der Waals surface area (Å²) >= 11 is 0. The van der Waals surface area contributed by atoms with Crippen molar-refractivity contribution in [1.29, 1.82) is 0 Å². The third-order valence-corrected chi connectivity index (χ3v) is 5.45. The quantitative estimate of drug-likeness (QED) is 0.516. The summed E-state index contributed by atoms with van der Waals surface area (Å²) in [6.07, 6.45) is 22.1. The predicted molar refractivity (Wildman–Crippen MR) is 79.9 cm³/mol. The van der Waals surface area contributed by atoms with E-state index in [1.54, 1.807) is 10.6 Å². The summed E-state index contributed by atoms with van der Waals surface area (Å²) in [6.45, 7) is 0. The van der Waals surface area contributed by atoms with E-state index in [-0.39, 0.29) is 0 Å². The van der Waals surface area contributed by atoms with Crippen molar-refractivity contribution < 1.29 is 0 Å². The second-order valence-corrected chi connectivity index (χ2v) is 7.02. The van der Waals surface area contributed by atoms with Gasteiger partial charge in [0.2, 0.25) is 0 Å². The van der Waals surface area contributed by atoms with Crippen molar-refractivity contribution >= 4 is 8.58 Å². The van der Waals surface area contributed by atoms with E-state index in [1.165, 1.54) is 77.0 Å². The summed E-state index contributed by atoms with van der Waals surface area (Å²) < 4.78 is 0. The van der Waals surface area contributed by atoms with Crippen molar-refractivity contribution in [2.24, 2.45) is 0 Å². The summed E-state index contributed by atoms with van der Waals surface area (Å²) in [6, 6.07) is 0. The first kappa shape index (κ1) is 13.3. The zero-order chi connectivity index (χ0) is 11.8. The Morgan fingerprint density at radius 3 is 1.59 bits per heavy atom. The molecule has 0 spiro atoms. The second-order valence-electron chi connectivity index (χ2n) is 5.49. The van der Waals surface area contributed by atoms with Crippen LogP contribution in [-0.4, -0.2) is 0 Å². The Morgan fingerprint density at radius 1 is 0.588 bits per heavy atom. The Hall–Kier alpha value is -0.0900. The zero-order valence-corrected chi connectivity index (χ0v) is 12.1. The Kier molecular flexibility index (Phi) is 6.35. The fraction of sp³-hybridized carbons (Fsp3) is 0.750. The Bertz CT molecular complexity index is 247. The van der Waals surface area contributed by atoms with Crippen LogP contribution in [-0.2, 0) is 0 Å². The number of rotatable bonds is 2. The van der Waals surface area contributed by atoms with Crippen LogP contribution < -0.4 is 0 Å². The largest absolute Gasteiger partial charge is 0.0808 e. The second kappa shape index (κ2) is 8.09. The molecular formula is C16H27P. The normalized spacial score (nSPS) is 27.5. The van der Waals surface area contributed by atoms with Crippen molar-refractivity contribution in [3.05, 3.63) is 22.8 Å². The van der Waals surface area contributed by atoms with Crippen LogP contribution in [0.25, 0.3) is 0 Å². The minimum absolute atomic E-state index is 1.04. The lowest BCUT2D eigenvalue weighted by Crippen LogP contribution is -1.89. The molecule has 0 radical (unpaired) electrons. The molecule has 0 aromatic carbocycles. The highest BCUT2D eigenvalue weighted by Crippen LogP contribution is 2.41. The van der Waals surface area contributed by atoms with E-state index in [1.807, 2.05) is 0 Å². The van der Waals surface area contributed by atoms with Crippen LogP contribution >= 0.6 is 8.58 Å². The van der Waals surface area contributed by atoms with Gasteiger partial charge < -0.3 is 0 Å². The van der Waals surface area contributed by atoms with Gasteiger partial charge in [-0.05, 0) is 62.0 Å². The maximum absolute atomic E-state index is 2.57. The summed E-state index contributed by atoms with van der Waals surface area (Å²) in [5, 5.41) is 3.55. The van der Waals surface area contributed by atoms with Crippen LogP contribution in [0.1, 0.15) is 77.0 Å². The first-order chi connectivity index (χ1) is 8.45. The van der Waals surface area contributed by atoms with Crippen LogP contribution in [0.2, 0.25) is 0 Å². The molecular weight excluding hydrogens is 223 g/mol. The zero-order valence-electron chi connectivity index (χ0n) is 11.1. The third-order valence-electron chi connectivity index (χ3n) is 3.90. The van der Waals surface area contributed by atoms with Gasteiger partial charge in [0.25, 0.3) is 0 Å². The molecule has 0 aromatic rings. The maximum Gasteiger partial charge on any atom is -0.0277 e. The summed E-state index contributed by atoms with van der Waals surface area (Å²) in [5.74, 6) is 0. The standard InChI is InChI=1S/C16H27P/c1-3-7-11-15(12-8-4-1)17-16-13-9-5-2-6-10-14-16/h11,13,17H,1-10,12,14H2/b15-11+,16-13?. The Balaban J connectivity index is 1.88. The van der Waals surface area contributed by atoms with Crippen LogP contribution in [0.15, 0.2) is 22.8 Å². The SMILES string of the molecule is C1=C(P/C2=C/CCCCCC2)CCCCCC1. The fourth-order valence-corrected chi connectivity index (χ4v) is 4.33. The van der Waals surface area contributed by atoms with Gasteiger partial charge in [0.15, 0.2) is 0 Å². The number of allylic oxidation sites excluding steroid dienone is 4. The van der Waals surface area contributed by atoms with Gasteiger partial charge in [-0.25, -0.2) is 0 Å². The Labute approximate surface area is 109 Å². The van der Waals surface area contributed by atoms with Gasteiger partial charge in [-0.1, -0.05) is 46.4 Å². The monoisotopic (exact) mass is 250 g/mol. The molecule has 2 rings (SSSR count). The van der Waals surface area contributed by atoms with E-state index >= 15 is 0 Å². The number of hydrogen-bond acceptors (Lipinski definition) is 0. The van der Waals surface area contributed by atoms with E-state index in [0.29, 0.717) is 0 Å². The molecule has 0 heterocycles. The first-order valence-corrected chi connectivity index (χ1v) is 8.60. The molecule has 0 aliphatic heterocycles. The van der Waals surface area contributed by atoms with Crippen LogP contribution in [0.4, 0.5) is 0 Å². The van der Waals surface area contributed by atoms with E-state index < -0.39 is 0 Å². The first-order valence-electron chi connectivity index (χ1n) is 7.60. The van der Waals surface area contributed by atoms with E-state index in [9.17, 15) is 0 Å². The van der Waals surface area contributed by atoms with E-state index in [2.05, 4.69) is 12.2 Å². The van der Waals surface area contributed by atoms with Gasteiger partial charge in [-0.3, -0.25) is 0 Å². The fourth-order valence-electron chi connectivity index (χ4n) is 2.82. The summed E-state index contributed by atoms with van der Waals surface area (Å²) in [5.41, 5.74) is 0. The molecule has 2 aliphatic carbocycles. The van der Waals surface area contributed by atoms with Crippen molar-refractivity contribution in [2.75, 3.05) is 0 Å². The van der Waals surface area contributed by atoms with Gasteiger partial charge in [0.05, 0.1) is 0 Å². The molecule has 1 unspecified atom stereocenters. The van der Waals surface area contributed by atoms with Crippen LogP contribution in [0.3, 0.4) is 0 Å². The number of hydrogen-bond donors (Lipinski definition) is 0. The molecule has 0 fully saturated rings. The molecule has 0 amide bonds. The maximum atomic E-state index is 2.57. The van der Waals surface area contributed by atoms with Gasteiger partial charge in [0, 0.05) is 0 Å². The average molecular weight is 250 g/mol. The smallest absolute Gasteiger partial charge is 0.0277 e. The lowest BCUT2D eigenvalue weighted by molar-refractivity contribution is 0.631.